The van der Waals surface area contributed by atoms with Gasteiger partial charge in [0.15, 0.2) is 0 Å². The van der Waals surface area contributed by atoms with Crippen LogP contribution >= 0.6 is 0 Å². The number of benzene rings is 1. The van der Waals surface area contributed by atoms with Gasteiger partial charge in [-0.05, 0) is 48.8 Å². The summed E-state index contributed by atoms with van der Waals surface area (Å²) >= 11 is 0. The molecule has 4 rings (SSSR count). The van der Waals surface area contributed by atoms with Crippen molar-refractivity contribution in [3.8, 4) is 11.5 Å². The van der Waals surface area contributed by atoms with Crippen molar-refractivity contribution in [1.29, 1.82) is 0 Å². The molecule has 124 valence electrons. The minimum atomic E-state index is 0.349. The molecule has 1 aromatic rings. The molecule has 1 aromatic carbocycles. The maximum atomic E-state index is 12.7. The van der Waals surface area contributed by atoms with E-state index in [0.717, 1.165) is 31.0 Å². The summed E-state index contributed by atoms with van der Waals surface area (Å²) in [5.74, 6) is 4.21. The van der Waals surface area contributed by atoms with Crippen molar-refractivity contribution in [2.75, 3.05) is 27.3 Å². The first-order valence-electron chi connectivity index (χ1n) is 8.73. The van der Waals surface area contributed by atoms with Crippen LogP contribution in [0.3, 0.4) is 0 Å². The van der Waals surface area contributed by atoms with Gasteiger partial charge in [-0.25, -0.2) is 0 Å². The Morgan fingerprint density at radius 3 is 2.30 bits per heavy atom. The fraction of sp³-hybridized carbons (Fsp3) is 0.632. The van der Waals surface area contributed by atoms with Gasteiger partial charge in [0.1, 0.15) is 11.5 Å². The molecule has 1 saturated heterocycles. The molecule has 1 amide bonds. The van der Waals surface area contributed by atoms with Crippen LogP contribution in [-0.2, 0) is 4.79 Å². The standard InChI is InChI=1S/C19H25NO3/c1-22-14-8-13(9-15(10-14)23-2)12-6-7-20(11-12)19(21)18-16-4-3-5-17(16)18/h8-10,12,16-18H,3-7,11H2,1-2H3/t12-,16-,17+,18?/m0/s1. The molecule has 0 bridgehead atoms. The molecule has 4 atom stereocenters. The summed E-state index contributed by atoms with van der Waals surface area (Å²) in [5, 5.41) is 0. The Bertz CT molecular complexity index is 582. The number of ether oxygens (including phenoxy) is 2. The van der Waals surface area contributed by atoms with Crippen LogP contribution in [0, 0.1) is 17.8 Å². The van der Waals surface area contributed by atoms with Crippen molar-refractivity contribution in [2.45, 2.75) is 31.6 Å². The SMILES string of the molecule is COc1cc(OC)cc([C@H]2CCN(C(=O)C3[C@H]4CCC[C@@H]34)C2)c1. The number of amides is 1. The highest BCUT2D eigenvalue weighted by Gasteiger charge is 2.57. The molecule has 1 unspecified atom stereocenters. The zero-order chi connectivity index (χ0) is 16.0. The van der Waals surface area contributed by atoms with Gasteiger partial charge in [-0.15, -0.1) is 0 Å². The van der Waals surface area contributed by atoms with E-state index in [-0.39, 0.29) is 0 Å². The van der Waals surface area contributed by atoms with Crippen LogP contribution in [0.4, 0.5) is 0 Å². The molecule has 2 saturated carbocycles. The normalized spacial score (nSPS) is 31.8. The molecule has 3 fully saturated rings. The third kappa shape index (κ3) is 2.58. The minimum absolute atomic E-state index is 0.349. The van der Waals surface area contributed by atoms with Crippen molar-refractivity contribution in [1.82, 2.24) is 4.90 Å². The summed E-state index contributed by atoms with van der Waals surface area (Å²) in [7, 11) is 3.35. The van der Waals surface area contributed by atoms with E-state index in [4.69, 9.17) is 9.47 Å². The van der Waals surface area contributed by atoms with Gasteiger partial charge in [-0.2, -0.15) is 0 Å². The van der Waals surface area contributed by atoms with E-state index in [1.54, 1.807) is 14.2 Å². The molecular weight excluding hydrogens is 290 g/mol. The van der Waals surface area contributed by atoms with Crippen LogP contribution in [-0.4, -0.2) is 38.1 Å². The van der Waals surface area contributed by atoms with Gasteiger partial charge < -0.3 is 14.4 Å². The molecule has 3 aliphatic rings. The maximum Gasteiger partial charge on any atom is 0.226 e. The average Bonchev–Trinajstić information content (AvgIpc) is 3.00. The second-order valence-corrected chi connectivity index (χ2v) is 7.20. The predicted octanol–water partition coefficient (Wildman–Crippen LogP) is 3.07. The van der Waals surface area contributed by atoms with E-state index in [9.17, 15) is 4.79 Å². The Hall–Kier alpha value is -1.71. The van der Waals surface area contributed by atoms with Gasteiger partial charge in [0.25, 0.3) is 0 Å². The van der Waals surface area contributed by atoms with E-state index < -0.39 is 0 Å². The molecule has 0 radical (unpaired) electrons. The van der Waals surface area contributed by atoms with Gasteiger partial charge in [-0.1, -0.05) is 6.42 Å². The Labute approximate surface area is 137 Å². The number of hydrogen-bond donors (Lipinski definition) is 0. The van der Waals surface area contributed by atoms with Crippen LogP contribution < -0.4 is 9.47 Å². The largest absolute Gasteiger partial charge is 0.497 e. The van der Waals surface area contributed by atoms with Gasteiger partial charge in [0.05, 0.1) is 14.2 Å². The number of nitrogens with zero attached hydrogens (tertiary/aromatic N) is 1. The Kier molecular flexibility index (Phi) is 3.70. The lowest BCUT2D eigenvalue weighted by atomic mass is 9.98. The molecule has 4 heteroatoms. The average molecular weight is 315 g/mol. The molecule has 2 aliphatic carbocycles. The first-order valence-corrected chi connectivity index (χ1v) is 8.73. The van der Waals surface area contributed by atoms with Crippen LogP contribution in [0.1, 0.15) is 37.2 Å². The van der Waals surface area contributed by atoms with Crippen molar-refractivity contribution in [3.05, 3.63) is 23.8 Å². The summed E-state index contributed by atoms with van der Waals surface area (Å²) in [6.07, 6.45) is 4.90. The molecule has 1 aliphatic heterocycles. The number of carbonyl (C=O) groups excluding carboxylic acids is 1. The fourth-order valence-corrected chi connectivity index (χ4v) is 4.70. The number of methoxy groups -OCH3 is 2. The molecule has 1 heterocycles. The topological polar surface area (TPSA) is 38.8 Å². The Morgan fingerprint density at radius 2 is 1.70 bits per heavy atom. The number of rotatable bonds is 4. The molecular formula is C19H25NO3. The third-order valence-corrected chi connectivity index (χ3v) is 6.04. The van der Waals surface area contributed by atoms with Crippen LogP contribution in [0.25, 0.3) is 0 Å². The van der Waals surface area contributed by atoms with Crippen LogP contribution in [0.2, 0.25) is 0 Å². The Morgan fingerprint density at radius 1 is 1.04 bits per heavy atom. The fourth-order valence-electron chi connectivity index (χ4n) is 4.70. The summed E-state index contributed by atoms with van der Waals surface area (Å²) in [6.45, 7) is 1.73. The minimum Gasteiger partial charge on any atom is -0.497 e. The van der Waals surface area contributed by atoms with E-state index >= 15 is 0 Å². The summed E-state index contributed by atoms with van der Waals surface area (Å²) in [4.78, 5) is 14.8. The highest BCUT2D eigenvalue weighted by Crippen LogP contribution is 2.58. The molecule has 0 aromatic heterocycles. The van der Waals surface area contributed by atoms with E-state index in [1.807, 2.05) is 6.07 Å². The van der Waals surface area contributed by atoms with E-state index in [1.165, 1.54) is 24.8 Å². The van der Waals surface area contributed by atoms with Gasteiger partial charge in [-0.3, -0.25) is 4.79 Å². The number of hydrogen-bond acceptors (Lipinski definition) is 3. The van der Waals surface area contributed by atoms with Crippen LogP contribution in [0.5, 0.6) is 11.5 Å². The lowest BCUT2D eigenvalue weighted by Gasteiger charge is -2.18. The summed E-state index contributed by atoms with van der Waals surface area (Å²) in [6, 6.07) is 6.05. The van der Waals surface area contributed by atoms with Gasteiger partial charge >= 0.3 is 0 Å². The lowest BCUT2D eigenvalue weighted by Crippen LogP contribution is -2.31. The van der Waals surface area contributed by atoms with Gasteiger partial charge in [0.2, 0.25) is 5.91 Å². The molecule has 0 N–H and O–H groups in total. The van der Waals surface area contributed by atoms with Crippen molar-refractivity contribution < 1.29 is 14.3 Å². The highest BCUT2D eigenvalue weighted by molar-refractivity contribution is 5.83. The monoisotopic (exact) mass is 315 g/mol. The zero-order valence-electron chi connectivity index (χ0n) is 14.0. The molecule has 23 heavy (non-hydrogen) atoms. The number of carbonyl (C=O) groups is 1. The van der Waals surface area contributed by atoms with Crippen molar-refractivity contribution >= 4 is 5.91 Å². The van der Waals surface area contributed by atoms with Crippen molar-refractivity contribution in [2.24, 2.45) is 17.8 Å². The summed E-state index contributed by atoms with van der Waals surface area (Å²) < 4.78 is 10.7. The first-order chi connectivity index (χ1) is 11.2. The van der Waals surface area contributed by atoms with E-state index in [2.05, 4.69) is 17.0 Å². The third-order valence-electron chi connectivity index (χ3n) is 6.04. The first kappa shape index (κ1) is 14.9. The smallest absolute Gasteiger partial charge is 0.226 e. The highest BCUT2D eigenvalue weighted by atomic mass is 16.5. The number of fused-ring (bicyclic) bond motifs is 1. The number of likely N-dealkylation sites (tertiary alicyclic amines) is 1. The van der Waals surface area contributed by atoms with E-state index in [0.29, 0.717) is 29.6 Å². The van der Waals surface area contributed by atoms with Crippen molar-refractivity contribution in [3.63, 3.8) is 0 Å². The maximum absolute atomic E-state index is 12.7. The molecule has 4 nitrogen and oxygen atoms in total. The van der Waals surface area contributed by atoms with Gasteiger partial charge in [0, 0.05) is 31.0 Å². The second kappa shape index (κ2) is 5.73. The second-order valence-electron chi connectivity index (χ2n) is 7.20. The predicted molar refractivity (Wildman–Crippen MR) is 87.8 cm³/mol. The lowest BCUT2D eigenvalue weighted by molar-refractivity contribution is -0.132. The zero-order valence-corrected chi connectivity index (χ0v) is 14.0. The van der Waals surface area contributed by atoms with Crippen LogP contribution in [0.15, 0.2) is 18.2 Å². The molecule has 0 spiro atoms. The quantitative estimate of drug-likeness (QED) is 0.857. The Balaban J connectivity index is 1.45. The summed E-state index contributed by atoms with van der Waals surface area (Å²) in [5.41, 5.74) is 1.22.